The fraction of sp³-hybridized carbons (Fsp3) is 0.122. The molecule has 0 bridgehead atoms. The van der Waals surface area contributed by atoms with Crippen molar-refractivity contribution in [3.05, 3.63) is 155 Å². The van der Waals surface area contributed by atoms with E-state index < -0.39 is 11.9 Å². The lowest BCUT2D eigenvalue weighted by Gasteiger charge is -2.13. The van der Waals surface area contributed by atoms with Crippen molar-refractivity contribution in [2.75, 3.05) is 0 Å². The van der Waals surface area contributed by atoms with Crippen molar-refractivity contribution < 1.29 is 19.8 Å². The summed E-state index contributed by atoms with van der Waals surface area (Å²) in [5.74, 6) is -2.16. The molecule has 4 heterocycles. The number of carboxylic acids is 2. The smallest absolute Gasteiger partial charge is 0.354 e. The van der Waals surface area contributed by atoms with Gasteiger partial charge in [0.05, 0.1) is 22.4 Å². The van der Waals surface area contributed by atoms with Crippen molar-refractivity contribution in [1.82, 2.24) is 19.1 Å². The summed E-state index contributed by atoms with van der Waals surface area (Å²) in [4.78, 5) is 34.0. The molecule has 0 aliphatic heterocycles. The second-order valence-corrected chi connectivity index (χ2v) is 12.3. The first-order valence-electron chi connectivity index (χ1n) is 16.3. The highest BCUT2D eigenvalue weighted by Gasteiger charge is 2.22. The molecule has 0 aliphatic rings. The number of para-hydroxylation sites is 2. The van der Waals surface area contributed by atoms with Gasteiger partial charge in [0.15, 0.2) is 0 Å². The molecule has 0 atom stereocenters. The molecule has 0 saturated carbocycles. The molecule has 0 unspecified atom stereocenters. The molecule has 0 aliphatic carbocycles. The van der Waals surface area contributed by atoms with Crippen molar-refractivity contribution in [1.29, 1.82) is 0 Å². The lowest BCUT2D eigenvalue weighted by atomic mass is 10.0. The Labute approximate surface area is 281 Å². The molecule has 0 radical (unpaired) electrons. The summed E-state index contributed by atoms with van der Waals surface area (Å²) in [7, 11) is 0. The van der Waals surface area contributed by atoms with Gasteiger partial charge in [0, 0.05) is 45.7 Å². The normalized spacial score (nSPS) is 11.6. The van der Waals surface area contributed by atoms with Crippen LogP contribution in [0.5, 0.6) is 0 Å². The molecule has 240 valence electrons. The predicted octanol–water partition coefficient (Wildman–Crippen LogP) is 8.36. The zero-order chi connectivity index (χ0) is 33.5. The second-order valence-electron chi connectivity index (χ2n) is 12.3. The highest BCUT2D eigenvalue weighted by atomic mass is 16.4. The van der Waals surface area contributed by atoms with E-state index in [0.29, 0.717) is 43.7 Å². The number of carbonyl (C=O) groups is 2. The van der Waals surface area contributed by atoms with Crippen LogP contribution in [0.2, 0.25) is 0 Å². The summed E-state index contributed by atoms with van der Waals surface area (Å²) in [5.41, 5.74) is 7.47. The first-order valence-corrected chi connectivity index (χ1v) is 16.3. The van der Waals surface area contributed by atoms with E-state index in [9.17, 15) is 19.8 Å². The number of aromatic carboxylic acids is 2. The summed E-state index contributed by atoms with van der Waals surface area (Å²) in [6.45, 7) is 1.21. The summed E-state index contributed by atoms with van der Waals surface area (Å²) in [6, 6.07) is 39.8. The van der Waals surface area contributed by atoms with Crippen molar-refractivity contribution in [3.63, 3.8) is 0 Å². The number of hydrogen-bond donors (Lipinski definition) is 2. The molecule has 8 aromatic rings. The Kier molecular flexibility index (Phi) is 7.61. The highest BCUT2D eigenvalue weighted by molar-refractivity contribution is 6.11. The zero-order valence-corrected chi connectivity index (χ0v) is 26.6. The Bertz CT molecular complexity index is 2360. The van der Waals surface area contributed by atoms with Gasteiger partial charge in [0.1, 0.15) is 11.4 Å². The predicted molar refractivity (Wildman–Crippen MR) is 192 cm³/mol. The average Bonchev–Trinajstić information content (AvgIpc) is 3.61. The number of pyridine rings is 2. The van der Waals surface area contributed by atoms with Crippen LogP contribution >= 0.6 is 0 Å². The van der Waals surface area contributed by atoms with Gasteiger partial charge >= 0.3 is 11.9 Å². The number of rotatable bonds is 10. The van der Waals surface area contributed by atoms with E-state index in [1.165, 1.54) is 0 Å². The topological polar surface area (TPSA) is 110 Å². The molecule has 4 aromatic carbocycles. The Hall–Kier alpha value is -6.28. The van der Waals surface area contributed by atoms with E-state index in [2.05, 4.69) is 45.5 Å². The van der Waals surface area contributed by atoms with E-state index in [1.54, 1.807) is 12.1 Å². The molecule has 49 heavy (non-hydrogen) atoms. The maximum atomic E-state index is 12.3. The summed E-state index contributed by atoms with van der Waals surface area (Å²) < 4.78 is 4.46. The van der Waals surface area contributed by atoms with Gasteiger partial charge < -0.3 is 19.3 Å². The van der Waals surface area contributed by atoms with E-state index in [1.807, 2.05) is 72.8 Å². The summed E-state index contributed by atoms with van der Waals surface area (Å²) >= 11 is 0. The van der Waals surface area contributed by atoms with Crippen molar-refractivity contribution >= 4 is 55.6 Å². The van der Waals surface area contributed by atoms with E-state index in [0.717, 1.165) is 54.7 Å². The molecular weight excluding hydrogens is 612 g/mol. The maximum absolute atomic E-state index is 12.3. The Morgan fingerprint density at radius 1 is 0.510 bits per heavy atom. The summed E-state index contributed by atoms with van der Waals surface area (Å²) in [6.07, 6.45) is 1.53. The molecule has 8 rings (SSSR count). The molecular formula is C41H32N4O4. The maximum Gasteiger partial charge on any atom is 0.354 e. The number of benzene rings is 4. The first-order chi connectivity index (χ1) is 24.0. The molecule has 8 nitrogen and oxygen atoms in total. The number of nitrogens with zero attached hydrogens (tertiary/aromatic N) is 4. The van der Waals surface area contributed by atoms with Crippen molar-refractivity contribution in [2.24, 2.45) is 0 Å². The number of aryl methyl sites for hydroxylation is 2. The molecule has 0 spiro atoms. The Morgan fingerprint density at radius 3 is 1.31 bits per heavy atom. The average molecular weight is 645 g/mol. The molecule has 0 fully saturated rings. The van der Waals surface area contributed by atoms with Crippen LogP contribution in [0.25, 0.3) is 43.6 Å². The van der Waals surface area contributed by atoms with Crippen LogP contribution in [-0.4, -0.2) is 41.3 Å². The van der Waals surface area contributed by atoms with Crippen LogP contribution in [0.15, 0.2) is 121 Å². The van der Waals surface area contributed by atoms with Gasteiger partial charge in [-0.3, -0.25) is 0 Å². The Balaban J connectivity index is 1.25. The largest absolute Gasteiger partial charge is 0.477 e. The van der Waals surface area contributed by atoms with Gasteiger partial charge in [0.2, 0.25) is 0 Å². The number of hydrogen-bond acceptors (Lipinski definition) is 4. The fourth-order valence-corrected chi connectivity index (χ4v) is 7.16. The van der Waals surface area contributed by atoms with E-state index >= 15 is 0 Å². The van der Waals surface area contributed by atoms with E-state index in [-0.39, 0.29) is 11.4 Å². The van der Waals surface area contributed by atoms with Gasteiger partial charge in [-0.15, -0.1) is 0 Å². The molecule has 0 amide bonds. The lowest BCUT2D eigenvalue weighted by molar-refractivity contribution is 0.0680. The lowest BCUT2D eigenvalue weighted by Crippen LogP contribution is -2.09. The number of carboxylic acid groups (broad SMARTS) is 2. The van der Waals surface area contributed by atoms with Gasteiger partial charge in [0.25, 0.3) is 0 Å². The SMILES string of the molecule is O=C(O)c1cc2c3ccccc3n(Cc3ccccc3)c2c(CCCc2nc(C(=O)O)cc3c4ccccc4n(Cc4ccccc4)c23)n1. The van der Waals surface area contributed by atoms with Gasteiger partial charge in [-0.1, -0.05) is 97.1 Å². The number of aromatic nitrogens is 4. The van der Waals surface area contributed by atoms with Crippen LogP contribution in [0, 0.1) is 0 Å². The van der Waals surface area contributed by atoms with Crippen LogP contribution in [0.3, 0.4) is 0 Å². The van der Waals surface area contributed by atoms with Crippen LogP contribution in [-0.2, 0) is 25.9 Å². The monoisotopic (exact) mass is 644 g/mol. The molecule has 2 N–H and O–H groups in total. The van der Waals surface area contributed by atoms with Crippen LogP contribution in [0.4, 0.5) is 0 Å². The fourth-order valence-electron chi connectivity index (χ4n) is 7.16. The third kappa shape index (κ3) is 5.47. The molecule has 4 aromatic heterocycles. The highest BCUT2D eigenvalue weighted by Crippen LogP contribution is 2.35. The van der Waals surface area contributed by atoms with Crippen molar-refractivity contribution in [2.45, 2.75) is 32.4 Å². The zero-order valence-electron chi connectivity index (χ0n) is 26.6. The quantitative estimate of drug-likeness (QED) is 0.155. The van der Waals surface area contributed by atoms with Crippen molar-refractivity contribution in [3.8, 4) is 0 Å². The minimum atomic E-state index is -1.08. The standard InChI is InChI=1S/C41H32N4O4/c46-40(47)34-22-30-28-16-7-9-20-36(28)44(24-26-12-3-1-4-13-26)38(30)32(42-34)18-11-19-33-39-31(23-35(43-33)41(48)49)29-17-8-10-21-37(29)45(39)25-27-14-5-2-6-15-27/h1-10,12-17,20-23H,11,18-19,24-25H2,(H,46,47)(H,48,49). The third-order valence-corrected chi connectivity index (χ3v) is 9.27. The molecule has 8 heteroatoms. The molecule has 0 saturated heterocycles. The second kappa shape index (κ2) is 12.4. The van der Waals surface area contributed by atoms with Gasteiger partial charge in [-0.2, -0.15) is 0 Å². The minimum Gasteiger partial charge on any atom is -0.477 e. The summed E-state index contributed by atoms with van der Waals surface area (Å²) in [5, 5.41) is 23.8. The number of fused-ring (bicyclic) bond motifs is 6. The third-order valence-electron chi connectivity index (χ3n) is 9.27. The minimum absolute atomic E-state index is 0.00138. The van der Waals surface area contributed by atoms with Gasteiger partial charge in [-0.05, 0) is 54.7 Å². The van der Waals surface area contributed by atoms with E-state index in [4.69, 9.17) is 9.97 Å². The van der Waals surface area contributed by atoms with Crippen LogP contribution in [0.1, 0.15) is 49.9 Å². The van der Waals surface area contributed by atoms with Crippen LogP contribution < -0.4 is 0 Å². The van der Waals surface area contributed by atoms with Gasteiger partial charge in [-0.25, -0.2) is 19.6 Å². The Morgan fingerprint density at radius 2 is 0.898 bits per heavy atom. The first kappa shape index (κ1) is 30.1.